The summed E-state index contributed by atoms with van der Waals surface area (Å²) in [4.78, 5) is 4.72. The highest BCUT2D eigenvalue weighted by atomic mass is 15.2. The number of hydrogen-bond donors (Lipinski definition) is 0. The molecule has 0 radical (unpaired) electrons. The molecule has 0 aliphatic heterocycles. The van der Waals surface area contributed by atoms with Crippen LogP contribution in [-0.4, -0.2) is 6.04 Å². The molecular formula is C39H34N2. The van der Waals surface area contributed by atoms with Gasteiger partial charge in [-0.15, -0.1) is 0 Å². The van der Waals surface area contributed by atoms with Gasteiger partial charge < -0.3 is 9.80 Å². The molecule has 1 atom stereocenters. The Morgan fingerprint density at radius 1 is 0.610 bits per heavy atom. The molecule has 2 nitrogen and oxygen atoms in total. The minimum atomic E-state index is 0.257. The molecule has 6 rings (SSSR count). The topological polar surface area (TPSA) is 6.48 Å². The van der Waals surface area contributed by atoms with E-state index in [4.69, 9.17) is 0 Å². The van der Waals surface area contributed by atoms with Gasteiger partial charge in [-0.05, 0) is 90.7 Å². The quantitative estimate of drug-likeness (QED) is 0.197. The summed E-state index contributed by atoms with van der Waals surface area (Å²) in [6, 6.07) is 47.6. The second kappa shape index (κ2) is 12.0. The standard InChI is InChI=1S/C39H34N2/c1-30(2)39-29-37(41(34-19-11-5-12-20-34)35-21-13-6-14-22-35)27-28-38(39)31-23-25-36(26-24-31)40(32-15-7-3-8-16-32)33-17-9-4-10-18-33/h3-21,23-29,35H,1,22H2,2H3. The third-order valence-corrected chi connectivity index (χ3v) is 7.53. The summed E-state index contributed by atoms with van der Waals surface area (Å²) < 4.78 is 0. The molecule has 1 unspecified atom stereocenters. The van der Waals surface area contributed by atoms with E-state index in [1.165, 1.54) is 22.5 Å². The zero-order chi connectivity index (χ0) is 28.0. The van der Waals surface area contributed by atoms with Gasteiger partial charge in [0.1, 0.15) is 0 Å². The Hall–Kier alpha value is -5.08. The molecule has 1 aliphatic carbocycles. The van der Waals surface area contributed by atoms with Crippen LogP contribution in [0.25, 0.3) is 16.7 Å². The number of nitrogens with zero attached hydrogens (tertiary/aromatic N) is 2. The molecule has 1 aliphatic rings. The Bertz CT molecular complexity index is 1630. The molecule has 2 heteroatoms. The van der Waals surface area contributed by atoms with Crippen LogP contribution in [0.3, 0.4) is 0 Å². The first-order valence-electron chi connectivity index (χ1n) is 14.2. The van der Waals surface area contributed by atoms with Gasteiger partial charge in [0.25, 0.3) is 0 Å². The van der Waals surface area contributed by atoms with Gasteiger partial charge in [0.2, 0.25) is 0 Å². The van der Waals surface area contributed by atoms with E-state index in [-0.39, 0.29) is 6.04 Å². The molecule has 0 saturated carbocycles. The summed E-state index contributed by atoms with van der Waals surface area (Å²) in [5.41, 5.74) is 10.3. The van der Waals surface area contributed by atoms with Gasteiger partial charge >= 0.3 is 0 Å². The Balaban J connectivity index is 1.38. The second-order valence-electron chi connectivity index (χ2n) is 10.4. The average Bonchev–Trinajstić information content (AvgIpc) is 3.04. The lowest BCUT2D eigenvalue weighted by atomic mass is 9.94. The molecule has 0 aromatic heterocycles. The Morgan fingerprint density at radius 2 is 1.15 bits per heavy atom. The number of para-hydroxylation sites is 3. The Morgan fingerprint density at radius 3 is 1.68 bits per heavy atom. The van der Waals surface area contributed by atoms with E-state index < -0.39 is 0 Å². The van der Waals surface area contributed by atoms with Crippen molar-refractivity contribution in [2.24, 2.45) is 0 Å². The maximum Gasteiger partial charge on any atom is 0.0559 e. The second-order valence-corrected chi connectivity index (χ2v) is 10.4. The summed E-state index contributed by atoms with van der Waals surface area (Å²) in [6.45, 7) is 6.47. The van der Waals surface area contributed by atoms with Crippen LogP contribution in [-0.2, 0) is 0 Å². The molecule has 200 valence electrons. The third kappa shape index (κ3) is 5.64. The van der Waals surface area contributed by atoms with Gasteiger partial charge in [-0.3, -0.25) is 0 Å². The third-order valence-electron chi connectivity index (χ3n) is 7.53. The lowest BCUT2D eigenvalue weighted by molar-refractivity contribution is 0.785. The van der Waals surface area contributed by atoms with Crippen molar-refractivity contribution >= 4 is 34.0 Å². The molecule has 0 N–H and O–H groups in total. The van der Waals surface area contributed by atoms with Gasteiger partial charge in [-0.1, -0.05) is 109 Å². The van der Waals surface area contributed by atoms with Gasteiger partial charge in [-0.2, -0.15) is 0 Å². The number of rotatable bonds is 8. The van der Waals surface area contributed by atoms with E-state index in [0.717, 1.165) is 34.6 Å². The summed E-state index contributed by atoms with van der Waals surface area (Å²) in [5, 5.41) is 0. The first-order valence-corrected chi connectivity index (χ1v) is 14.2. The summed E-state index contributed by atoms with van der Waals surface area (Å²) in [5.74, 6) is 0. The van der Waals surface area contributed by atoms with Crippen LogP contribution in [0, 0.1) is 0 Å². The van der Waals surface area contributed by atoms with Crippen LogP contribution in [0.4, 0.5) is 28.4 Å². The lowest BCUT2D eigenvalue weighted by Crippen LogP contribution is -2.29. The summed E-state index contributed by atoms with van der Waals surface area (Å²) in [6.07, 6.45) is 9.77. The zero-order valence-electron chi connectivity index (χ0n) is 23.4. The molecule has 0 saturated heterocycles. The van der Waals surface area contributed by atoms with Crippen molar-refractivity contribution in [2.75, 3.05) is 9.80 Å². The molecule has 41 heavy (non-hydrogen) atoms. The van der Waals surface area contributed by atoms with Gasteiger partial charge in [0.05, 0.1) is 6.04 Å². The molecule has 0 spiro atoms. The predicted octanol–water partition coefficient (Wildman–Crippen LogP) is 10.9. The van der Waals surface area contributed by atoms with Crippen LogP contribution < -0.4 is 9.80 Å². The molecule has 0 amide bonds. The van der Waals surface area contributed by atoms with Crippen molar-refractivity contribution in [3.8, 4) is 11.1 Å². The number of anilines is 5. The zero-order valence-corrected chi connectivity index (χ0v) is 23.4. The normalized spacial score (nSPS) is 14.0. The van der Waals surface area contributed by atoms with E-state index in [2.05, 4.69) is 181 Å². The highest BCUT2D eigenvalue weighted by molar-refractivity contribution is 5.85. The van der Waals surface area contributed by atoms with Crippen LogP contribution in [0.5, 0.6) is 0 Å². The van der Waals surface area contributed by atoms with Crippen molar-refractivity contribution in [1.82, 2.24) is 0 Å². The first-order chi connectivity index (χ1) is 20.2. The fourth-order valence-corrected chi connectivity index (χ4v) is 5.56. The van der Waals surface area contributed by atoms with Crippen molar-refractivity contribution in [1.29, 1.82) is 0 Å². The smallest absolute Gasteiger partial charge is 0.0559 e. The maximum absolute atomic E-state index is 4.37. The minimum absolute atomic E-state index is 0.257. The van der Waals surface area contributed by atoms with Crippen LogP contribution in [0.1, 0.15) is 18.9 Å². The predicted molar refractivity (Wildman–Crippen MR) is 177 cm³/mol. The monoisotopic (exact) mass is 530 g/mol. The van der Waals surface area contributed by atoms with E-state index in [1.807, 2.05) is 0 Å². The largest absolute Gasteiger partial charge is 0.334 e. The van der Waals surface area contributed by atoms with E-state index in [1.54, 1.807) is 0 Å². The molecule has 0 fully saturated rings. The van der Waals surface area contributed by atoms with Crippen molar-refractivity contribution in [3.05, 3.63) is 170 Å². The number of allylic oxidation sites excluding steroid dienone is 3. The fourth-order valence-electron chi connectivity index (χ4n) is 5.56. The molecule has 5 aromatic carbocycles. The van der Waals surface area contributed by atoms with Gasteiger partial charge in [0, 0.05) is 28.4 Å². The van der Waals surface area contributed by atoms with Crippen molar-refractivity contribution in [3.63, 3.8) is 0 Å². The Labute approximate surface area is 243 Å². The average molecular weight is 531 g/mol. The van der Waals surface area contributed by atoms with Gasteiger partial charge in [0.15, 0.2) is 0 Å². The molecule has 0 heterocycles. The molecule has 5 aromatic rings. The van der Waals surface area contributed by atoms with E-state index in [9.17, 15) is 0 Å². The molecular weight excluding hydrogens is 496 g/mol. The van der Waals surface area contributed by atoms with E-state index >= 15 is 0 Å². The van der Waals surface area contributed by atoms with Crippen LogP contribution >= 0.6 is 0 Å². The van der Waals surface area contributed by atoms with Crippen LogP contribution in [0.15, 0.2) is 164 Å². The Kier molecular flexibility index (Phi) is 7.64. The maximum atomic E-state index is 4.37. The number of hydrogen-bond acceptors (Lipinski definition) is 2. The minimum Gasteiger partial charge on any atom is -0.334 e. The van der Waals surface area contributed by atoms with Crippen molar-refractivity contribution < 1.29 is 0 Å². The van der Waals surface area contributed by atoms with Crippen LogP contribution in [0.2, 0.25) is 0 Å². The molecule has 0 bridgehead atoms. The van der Waals surface area contributed by atoms with E-state index in [0.29, 0.717) is 0 Å². The SMILES string of the molecule is C=C(C)c1cc(N(c2ccccc2)C2C=CC=CC2)ccc1-c1ccc(N(c2ccccc2)c2ccccc2)cc1. The highest BCUT2D eigenvalue weighted by Crippen LogP contribution is 2.39. The number of benzene rings is 5. The summed E-state index contributed by atoms with van der Waals surface area (Å²) in [7, 11) is 0. The highest BCUT2D eigenvalue weighted by Gasteiger charge is 2.20. The van der Waals surface area contributed by atoms with Gasteiger partial charge in [-0.25, -0.2) is 0 Å². The summed E-state index contributed by atoms with van der Waals surface area (Å²) >= 11 is 0. The lowest BCUT2D eigenvalue weighted by Gasteiger charge is -2.33. The fraction of sp³-hybridized carbons (Fsp3) is 0.0769. The van der Waals surface area contributed by atoms with Crippen molar-refractivity contribution in [2.45, 2.75) is 19.4 Å². The first kappa shape index (κ1) is 26.2.